The number of nitrogens with zero attached hydrogens (tertiary/aromatic N) is 1. The fourth-order valence-electron chi connectivity index (χ4n) is 3.40. The van der Waals surface area contributed by atoms with Crippen LogP contribution in [0.5, 0.6) is 0 Å². The summed E-state index contributed by atoms with van der Waals surface area (Å²) in [6, 6.07) is 10.8. The van der Waals surface area contributed by atoms with Crippen molar-refractivity contribution in [2.24, 2.45) is 5.92 Å². The van der Waals surface area contributed by atoms with E-state index in [0.717, 1.165) is 37.1 Å². The monoisotopic (exact) mass is 391 g/mol. The molecule has 1 aromatic carbocycles. The molecule has 3 rings (SSSR count). The summed E-state index contributed by atoms with van der Waals surface area (Å²) >= 11 is 0. The minimum absolute atomic E-state index is 0.123. The molecule has 1 heterocycles. The Labute approximate surface area is 160 Å². The Bertz CT molecular complexity index is 848. The molecule has 146 valence electrons. The van der Waals surface area contributed by atoms with Crippen LogP contribution in [0.2, 0.25) is 0 Å². The van der Waals surface area contributed by atoms with E-state index in [4.69, 9.17) is 0 Å². The van der Waals surface area contributed by atoms with Crippen molar-refractivity contribution >= 4 is 15.8 Å². The number of pyridine rings is 1. The molecular formula is C20H26FN3O2S. The molecule has 7 heteroatoms. The van der Waals surface area contributed by atoms with E-state index in [1.54, 1.807) is 25.3 Å². The van der Waals surface area contributed by atoms with Crippen LogP contribution < -0.4 is 10.0 Å². The number of hydrogen-bond donors (Lipinski definition) is 2. The van der Waals surface area contributed by atoms with E-state index in [9.17, 15) is 12.8 Å². The zero-order valence-corrected chi connectivity index (χ0v) is 16.3. The zero-order chi connectivity index (χ0) is 19.3. The number of benzene rings is 1. The maximum Gasteiger partial charge on any atom is 0.211 e. The van der Waals surface area contributed by atoms with Gasteiger partial charge in [0.2, 0.25) is 10.0 Å². The molecule has 0 bridgehead atoms. The number of sulfonamides is 1. The predicted octanol–water partition coefficient (Wildman–Crippen LogP) is 3.80. The number of hydrogen-bond acceptors (Lipinski definition) is 4. The van der Waals surface area contributed by atoms with Crippen molar-refractivity contribution in [2.45, 2.75) is 38.6 Å². The van der Waals surface area contributed by atoms with Gasteiger partial charge < -0.3 is 5.32 Å². The molecule has 1 aliphatic rings. The first kappa shape index (κ1) is 19.8. The predicted molar refractivity (Wildman–Crippen MR) is 106 cm³/mol. The molecular weight excluding hydrogens is 365 g/mol. The third-order valence-corrected chi connectivity index (χ3v) is 6.49. The fourth-order valence-corrected chi connectivity index (χ4v) is 4.09. The highest BCUT2D eigenvalue weighted by Gasteiger charge is 2.22. The largest absolute Gasteiger partial charge is 0.367 e. The van der Waals surface area contributed by atoms with Crippen LogP contribution in [-0.4, -0.2) is 31.7 Å². The Balaban J connectivity index is 1.50. The molecule has 0 saturated heterocycles. The molecule has 0 spiro atoms. The van der Waals surface area contributed by atoms with Crippen molar-refractivity contribution in [1.29, 1.82) is 0 Å². The maximum atomic E-state index is 13.9. The number of nitrogens with one attached hydrogen (secondary N) is 2. The minimum Gasteiger partial charge on any atom is -0.367 e. The normalized spacial score (nSPS) is 20.4. The first-order valence-corrected chi connectivity index (χ1v) is 11.1. The van der Waals surface area contributed by atoms with Gasteiger partial charge >= 0.3 is 0 Å². The first-order valence-electron chi connectivity index (χ1n) is 9.41. The highest BCUT2D eigenvalue weighted by Crippen LogP contribution is 2.27. The topological polar surface area (TPSA) is 71.1 Å². The van der Waals surface area contributed by atoms with Gasteiger partial charge in [-0.2, -0.15) is 0 Å². The van der Waals surface area contributed by atoms with Crippen molar-refractivity contribution in [3.05, 3.63) is 48.4 Å². The summed E-state index contributed by atoms with van der Waals surface area (Å²) in [5.41, 5.74) is 1.30. The van der Waals surface area contributed by atoms with Crippen molar-refractivity contribution in [3.8, 4) is 11.1 Å². The van der Waals surface area contributed by atoms with Crippen LogP contribution in [0.3, 0.4) is 0 Å². The van der Waals surface area contributed by atoms with Gasteiger partial charge in [0.1, 0.15) is 11.6 Å². The smallest absolute Gasteiger partial charge is 0.211 e. The Morgan fingerprint density at radius 1 is 1.11 bits per heavy atom. The second-order valence-corrected chi connectivity index (χ2v) is 9.12. The van der Waals surface area contributed by atoms with Crippen LogP contribution >= 0.6 is 0 Å². The van der Waals surface area contributed by atoms with E-state index in [1.807, 2.05) is 18.2 Å². The number of anilines is 1. The van der Waals surface area contributed by atoms with Crippen LogP contribution in [0.1, 0.15) is 32.6 Å². The lowest BCUT2D eigenvalue weighted by atomic mass is 9.86. The number of aromatic nitrogens is 1. The molecule has 0 unspecified atom stereocenters. The fraction of sp³-hybridized carbons (Fsp3) is 0.450. The zero-order valence-electron chi connectivity index (χ0n) is 15.5. The molecule has 2 aromatic rings. The van der Waals surface area contributed by atoms with Crippen LogP contribution in [0, 0.1) is 11.7 Å². The lowest BCUT2D eigenvalue weighted by Crippen LogP contribution is -2.34. The van der Waals surface area contributed by atoms with E-state index in [-0.39, 0.29) is 11.6 Å². The third kappa shape index (κ3) is 5.49. The van der Waals surface area contributed by atoms with E-state index in [1.165, 1.54) is 6.07 Å². The van der Waals surface area contributed by atoms with Gasteiger partial charge in [-0.3, -0.25) is 0 Å². The molecule has 1 fully saturated rings. The standard InChI is InChI=1S/C20H26FN3O2S/c1-2-27(25,26)23-13-15-7-10-17(11-8-15)24-20-12-9-16(14-22-20)18-5-3-4-6-19(18)21/h3-6,9,12,14-15,17,23H,2,7-8,10-11,13H2,1H3,(H,22,24)/t15-,17-. The molecule has 5 nitrogen and oxygen atoms in total. The molecule has 0 aliphatic heterocycles. The van der Waals surface area contributed by atoms with Crippen molar-refractivity contribution < 1.29 is 12.8 Å². The molecule has 1 aliphatic carbocycles. The molecule has 0 amide bonds. The average Bonchev–Trinajstić information content (AvgIpc) is 2.69. The van der Waals surface area contributed by atoms with Gasteiger partial charge in [-0.05, 0) is 56.7 Å². The van der Waals surface area contributed by atoms with Gasteiger partial charge in [0.05, 0.1) is 5.75 Å². The molecule has 2 N–H and O–H groups in total. The van der Waals surface area contributed by atoms with Gasteiger partial charge in [-0.25, -0.2) is 22.5 Å². The summed E-state index contributed by atoms with van der Waals surface area (Å²) in [7, 11) is -3.11. The van der Waals surface area contributed by atoms with Crippen molar-refractivity contribution in [1.82, 2.24) is 9.71 Å². The van der Waals surface area contributed by atoms with E-state index in [2.05, 4.69) is 15.0 Å². The second kappa shape index (κ2) is 8.80. The van der Waals surface area contributed by atoms with Crippen LogP contribution in [0.15, 0.2) is 42.6 Å². The van der Waals surface area contributed by atoms with Gasteiger partial charge in [-0.15, -0.1) is 0 Å². The van der Waals surface area contributed by atoms with Crippen LogP contribution in [-0.2, 0) is 10.0 Å². The Morgan fingerprint density at radius 2 is 1.85 bits per heavy atom. The average molecular weight is 392 g/mol. The summed E-state index contributed by atoms with van der Waals surface area (Å²) in [5, 5.41) is 3.43. The Kier molecular flexibility index (Phi) is 6.44. The quantitative estimate of drug-likeness (QED) is 0.753. The van der Waals surface area contributed by atoms with Gasteiger partial charge in [0.15, 0.2) is 0 Å². The summed E-state index contributed by atoms with van der Waals surface area (Å²) in [6.07, 6.45) is 5.62. The lowest BCUT2D eigenvalue weighted by Gasteiger charge is -2.29. The summed E-state index contributed by atoms with van der Waals surface area (Å²) in [5.74, 6) is 1.04. The molecule has 0 atom stereocenters. The van der Waals surface area contributed by atoms with E-state index in [0.29, 0.717) is 24.1 Å². The molecule has 27 heavy (non-hydrogen) atoms. The van der Waals surface area contributed by atoms with Gasteiger partial charge in [0.25, 0.3) is 0 Å². The summed E-state index contributed by atoms with van der Waals surface area (Å²) in [6.45, 7) is 2.17. The van der Waals surface area contributed by atoms with E-state index >= 15 is 0 Å². The lowest BCUT2D eigenvalue weighted by molar-refractivity contribution is 0.337. The van der Waals surface area contributed by atoms with E-state index < -0.39 is 10.0 Å². The van der Waals surface area contributed by atoms with Crippen LogP contribution in [0.4, 0.5) is 10.2 Å². The Hall–Kier alpha value is -1.99. The maximum absolute atomic E-state index is 13.9. The second-order valence-electron chi connectivity index (χ2n) is 7.03. The van der Waals surface area contributed by atoms with Crippen molar-refractivity contribution in [3.63, 3.8) is 0 Å². The van der Waals surface area contributed by atoms with Crippen LogP contribution in [0.25, 0.3) is 11.1 Å². The third-order valence-electron chi connectivity index (χ3n) is 5.12. The van der Waals surface area contributed by atoms with Gasteiger partial charge in [0, 0.05) is 29.9 Å². The highest BCUT2D eigenvalue weighted by molar-refractivity contribution is 7.89. The Morgan fingerprint density at radius 3 is 2.48 bits per heavy atom. The minimum atomic E-state index is -3.11. The SMILES string of the molecule is CCS(=O)(=O)NC[C@H]1CC[C@H](Nc2ccc(-c3ccccc3F)cn2)CC1. The summed E-state index contributed by atoms with van der Waals surface area (Å²) < 4.78 is 39.6. The highest BCUT2D eigenvalue weighted by atomic mass is 32.2. The molecule has 1 saturated carbocycles. The molecule has 0 radical (unpaired) electrons. The summed E-state index contributed by atoms with van der Waals surface area (Å²) in [4.78, 5) is 4.42. The number of halogens is 1. The molecule has 1 aromatic heterocycles. The number of rotatable bonds is 7. The van der Waals surface area contributed by atoms with Gasteiger partial charge in [-0.1, -0.05) is 18.2 Å². The van der Waals surface area contributed by atoms with Crippen molar-refractivity contribution in [2.75, 3.05) is 17.6 Å². The first-order chi connectivity index (χ1) is 13.0.